The fourth-order valence-electron chi connectivity index (χ4n) is 2.67. The molecule has 0 fully saturated rings. The van der Waals surface area contributed by atoms with Gasteiger partial charge < -0.3 is 5.32 Å². The number of hydrogen-bond acceptors (Lipinski definition) is 3. The molecule has 1 aliphatic heterocycles. The molecule has 19 heavy (non-hydrogen) atoms. The van der Waals surface area contributed by atoms with Gasteiger partial charge in [0.15, 0.2) is 0 Å². The molecular formula is C16H20N2S. The zero-order valence-corrected chi connectivity index (χ0v) is 12.2. The summed E-state index contributed by atoms with van der Waals surface area (Å²) in [6.07, 6.45) is 1.17. The van der Waals surface area contributed by atoms with Crippen molar-refractivity contribution >= 4 is 11.3 Å². The van der Waals surface area contributed by atoms with Crippen molar-refractivity contribution < 1.29 is 0 Å². The summed E-state index contributed by atoms with van der Waals surface area (Å²) in [6, 6.07) is 11.3. The summed E-state index contributed by atoms with van der Waals surface area (Å²) in [5.41, 5.74) is 4.41. The largest absolute Gasteiger partial charge is 0.312 e. The van der Waals surface area contributed by atoms with Crippen LogP contribution in [-0.2, 0) is 26.1 Å². The number of fused-ring (bicyclic) bond motifs is 1. The van der Waals surface area contributed by atoms with E-state index < -0.39 is 0 Å². The van der Waals surface area contributed by atoms with Gasteiger partial charge in [-0.25, -0.2) is 0 Å². The highest BCUT2D eigenvalue weighted by Gasteiger charge is 2.10. The van der Waals surface area contributed by atoms with E-state index in [1.165, 1.54) is 28.0 Å². The zero-order valence-electron chi connectivity index (χ0n) is 11.4. The number of thiophene rings is 1. The Bertz CT molecular complexity index is 534. The standard InChI is InChI=1S/C16H20N2S/c1-18(12-16-3-2-8-19-16)11-13-4-5-14-6-7-17-10-15(14)9-13/h2-5,8-9,17H,6-7,10-12H2,1H3. The first-order valence-electron chi connectivity index (χ1n) is 6.83. The highest BCUT2D eigenvalue weighted by Crippen LogP contribution is 2.18. The number of nitrogens with zero attached hydrogens (tertiary/aromatic N) is 1. The molecule has 1 N–H and O–H groups in total. The lowest BCUT2D eigenvalue weighted by Gasteiger charge is -2.20. The van der Waals surface area contributed by atoms with Crippen molar-refractivity contribution in [2.45, 2.75) is 26.1 Å². The number of benzene rings is 1. The van der Waals surface area contributed by atoms with Crippen molar-refractivity contribution in [1.29, 1.82) is 0 Å². The van der Waals surface area contributed by atoms with Crippen molar-refractivity contribution in [2.24, 2.45) is 0 Å². The van der Waals surface area contributed by atoms with Gasteiger partial charge in [-0.1, -0.05) is 24.3 Å². The molecule has 0 bridgehead atoms. The first-order chi connectivity index (χ1) is 9.31. The van der Waals surface area contributed by atoms with Crippen molar-refractivity contribution in [3.63, 3.8) is 0 Å². The molecule has 3 heteroatoms. The molecule has 0 aliphatic carbocycles. The SMILES string of the molecule is CN(Cc1ccc2c(c1)CNCC2)Cc1cccs1. The normalized spacial score (nSPS) is 14.6. The summed E-state index contributed by atoms with van der Waals surface area (Å²) >= 11 is 1.83. The predicted octanol–water partition coefficient (Wildman–Crippen LogP) is 3.03. The Balaban J connectivity index is 1.66. The average molecular weight is 272 g/mol. The summed E-state index contributed by atoms with van der Waals surface area (Å²) in [5, 5.41) is 5.59. The van der Waals surface area contributed by atoms with E-state index in [0.29, 0.717) is 0 Å². The van der Waals surface area contributed by atoms with E-state index in [-0.39, 0.29) is 0 Å². The number of nitrogens with one attached hydrogen (secondary N) is 1. The third kappa shape index (κ3) is 3.24. The van der Waals surface area contributed by atoms with Crippen molar-refractivity contribution in [1.82, 2.24) is 10.2 Å². The molecule has 0 spiro atoms. The quantitative estimate of drug-likeness (QED) is 0.920. The van der Waals surface area contributed by atoms with Crippen molar-refractivity contribution in [3.05, 3.63) is 57.3 Å². The first-order valence-corrected chi connectivity index (χ1v) is 7.71. The van der Waals surface area contributed by atoms with Crippen molar-refractivity contribution in [2.75, 3.05) is 13.6 Å². The average Bonchev–Trinajstić information content (AvgIpc) is 2.91. The van der Waals surface area contributed by atoms with Gasteiger partial charge in [0.25, 0.3) is 0 Å². The highest BCUT2D eigenvalue weighted by molar-refractivity contribution is 7.09. The minimum Gasteiger partial charge on any atom is -0.312 e. The molecule has 1 aromatic carbocycles. The van der Waals surface area contributed by atoms with Crippen LogP contribution in [0.25, 0.3) is 0 Å². The van der Waals surface area contributed by atoms with E-state index in [1.807, 2.05) is 11.3 Å². The molecule has 2 aromatic rings. The van der Waals surface area contributed by atoms with Gasteiger partial charge >= 0.3 is 0 Å². The first kappa shape index (κ1) is 12.9. The van der Waals surface area contributed by atoms with Crippen LogP contribution in [-0.4, -0.2) is 18.5 Å². The van der Waals surface area contributed by atoms with Gasteiger partial charge in [-0.05, 0) is 48.2 Å². The second-order valence-electron chi connectivity index (χ2n) is 5.28. The van der Waals surface area contributed by atoms with Crippen LogP contribution in [0.4, 0.5) is 0 Å². The van der Waals surface area contributed by atoms with Gasteiger partial charge in [-0.15, -0.1) is 11.3 Å². The summed E-state index contributed by atoms with van der Waals surface area (Å²) in [5.74, 6) is 0. The molecule has 0 saturated carbocycles. The topological polar surface area (TPSA) is 15.3 Å². The zero-order chi connectivity index (χ0) is 13.1. The second-order valence-corrected chi connectivity index (χ2v) is 6.31. The van der Waals surface area contributed by atoms with Crippen LogP contribution in [0, 0.1) is 0 Å². The summed E-state index contributed by atoms with van der Waals surface area (Å²) in [7, 11) is 2.19. The van der Waals surface area contributed by atoms with Crippen LogP contribution in [0.2, 0.25) is 0 Å². The predicted molar refractivity (Wildman–Crippen MR) is 81.3 cm³/mol. The van der Waals surface area contributed by atoms with E-state index in [2.05, 4.69) is 53.0 Å². The maximum absolute atomic E-state index is 3.45. The minimum atomic E-state index is 1.02. The molecule has 2 heterocycles. The van der Waals surface area contributed by atoms with Crippen LogP contribution in [0.15, 0.2) is 35.7 Å². The van der Waals surface area contributed by atoms with Crippen LogP contribution in [0.3, 0.4) is 0 Å². The second kappa shape index (κ2) is 5.87. The molecule has 0 unspecified atom stereocenters. The summed E-state index contributed by atoms with van der Waals surface area (Å²) in [4.78, 5) is 3.81. The maximum Gasteiger partial charge on any atom is 0.0328 e. The summed E-state index contributed by atoms with van der Waals surface area (Å²) < 4.78 is 0. The van der Waals surface area contributed by atoms with Crippen LogP contribution >= 0.6 is 11.3 Å². The van der Waals surface area contributed by atoms with Gasteiger partial charge in [0.05, 0.1) is 0 Å². The lowest BCUT2D eigenvalue weighted by molar-refractivity contribution is 0.322. The van der Waals surface area contributed by atoms with Gasteiger partial charge in [-0.3, -0.25) is 4.90 Å². The van der Waals surface area contributed by atoms with E-state index in [9.17, 15) is 0 Å². The molecule has 2 nitrogen and oxygen atoms in total. The fraction of sp³-hybridized carbons (Fsp3) is 0.375. The molecule has 100 valence electrons. The molecule has 1 aliphatic rings. The third-order valence-corrected chi connectivity index (χ3v) is 4.48. The molecular weight excluding hydrogens is 252 g/mol. The summed E-state index contributed by atoms with van der Waals surface area (Å²) in [6.45, 7) is 4.20. The Labute approximate surface area is 119 Å². The van der Waals surface area contributed by atoms with Crippen molar-refractivity contribution in [3.8, 4) is 0 Å². The van der Waals surface area contributed by atoms with Gasteiger partial charge in [0.2, 0.25) is 0 Å². The van der Waals surface area contributed by atoms with Gasteiger partial charge in [0, 0.05) is 24.5 Å². The van der Waals surface area contributed by atoms with Crippen LogP contribution in [0.1, 0.15) is 21.6 Å². The number of hydrogen-bond donors (Lipinski definition) is 1. The number of rotatable bonds is 4. The maximum atomic E-state index is 3.45. The highest BCUT2D eigenvalue weighted by atomic mass is 32.1. The molecule has 0 atom stereocenters. The lowest BCUT2D eigenvalue weighted by atomic mass is 9.98. The fourth-order valence-corrected chi connectivity index (χ4v) is 3.45. The van der Waals surface area contributed by atoms with E-state index in [4.69, 9.17) is 0 Å². The monoisotopic (exact) mass is 272 g/mol. The molecule has 0 saturated heterocycles. The Hall–Kier alpha value is -1.16. The Morgan fingerprint density at radius 2 is 2.16 bits per heavy atom. The van der Waals surface area contributed by atoms with Crippen LogP contribution < -0.4 is 5.32 Å². The molecule has 0 radical (unpaired) electrons. The van der Waals surface area contributed by atoms with Gasteiger partial charge in [0.1, 0.15) is 0 Å². The van der Waals surface area contributed by atoms with E-state index >= 15 is 0 Å². The van der Waals surface area contributed by atoms with Crippen LogP contribution in [0.5, 0.6) is 0 Å². The molecule has 1 aromatic heterocycles. The molecule has 3 rings (SSSR count). The smallest absolute Gasteiger partial charge is 0.0328 e. The molecule has 0 amide bonds. The van der Waals surface area contributed by atoms with E-state index in [1.54, 1.807) is 0 Å². The Morgan fingerprint density at radius 3 is 3.00 bits per heavy atom. The minimum absolute atomic E-state index is 1.02. The Morgan fingerprint density at radius 1 is 1.21 bits per heavy atom. The third-order valence-electron chi connectivity index (χ3n) is 3.62. The van der Waals surface area contributed by atoms with Gasteiger partial charge in [-0.2, -0.15) is 0 Å². The Kier molecular flexibility index (Phi) is 3.97. The lowest BCUT2D eigenvalue weighted by Crippen LogP contribution is -2.24. The van der Waals surface area contributed by atoms with E-state index in [0.717, 1.165) is 26.2 Å².